The summed E-state index contributed by atoms with van der Waals surface area (Å²) in [7, 11) is -3.83. The molecule has 1 aliphatic heterocycles. The van der Waals surface area contributed by atoms with Crippen molar-refractivity contribution < 1.29 is 27.6 Å². The van der Waals surface area contributed by atoms with Crippen LogP contribution in [0.1, 0.15) is 26.3 Å². The summed E-state index contributed by atoms with van der Waals surface area (Å²) in [5.74, 6) is -0.409. The van der Waals surface area contributed by atoms with E-state index in [1.165, 1.54) is 17.1 Å². The molecule has 1 heterocycles. The van der Waals surface area contributed by atoms with Crippen LogP contribution < -0.4 is 10.5 Å². The van der Waals surface area contributed by atoms with E-state index in [9.17, 15) is 23.3 Å². The smallest absolute Gasteiger partial charge is 0.312 e. The van der Waals surface area contributed by atoms with E-state index in [0.29, 0.717) is 11.1 Å². The van der Waals surface area contributed by atoms with Crippen LogP contribution >= 0.6 is 0 Å². The lowest BCUT2D eigenvalue weighted by Gasteiger charge is -2.37. The number of non-ortho nitro benzene ring substituents is 1. The minimum absolute atomic E-state index is 0.0203. The zero-order chi connectivity index (χ0) is 25.9. The number of anilines is 1. The first kappa shape index (κ1) is 25.6. The summed E-state index contributed by atoms with van der Waals surface area (Å²) in [5, 5.41) is 16.1. The predicted octanol–water partition coefficient (Wildman–Crippen LogP) is 2.66. The Bertz CT molecular complexity index is 1250. The van der Waals surface area contributed by atoms with Crippen molar-refractivity contribution in [1.29, 1.82) is 0 Å². The van der Waals surface area contributed by atoms with Gasteiger partial charge in [0.05, 0.1) is 22.6 Å². The van der Waals surface area contributed by atoms with Gasteiger partial charge in [0, 0.05) is 17.7 Å². The molecule has 0 aliphatic carbocycles. The SMILES string of the molecule is CC(C)(C)C(=O)O[C@@](COc1ccc([N+](=O)[O-])cc1N)(CN1C=NS(=O)(=O)C=N1)c1ccccc1. The number of sulfonamides is 1. The van der Waals surface area contributed by atoms with Crippen LogP contribution in [0.5, 0.6) is 5.75 Å². The van der Waals surface area contributed by atoms with Gasteiger partial charge < -0.3 is 15.2 Å². The number of nitro groups is 1. The molecule has 1 atom stereocenters. The van der Waals surface area contributed by atoms with Gasteiger partial charge in [0.25, 0.3) is 15.7 Å². The third-order valence-electron chi connectivity index (χ3n) is 4.94. The molecule has 2 N–H and O–H groups in total. The summed E-state index contributed by atoms with van der Waals surface area (Å²) < 4.78 is 38.7. The maximum Gasteiger partial charge on any atom is 0.312 e. The van der Waals surface area contributed by atoms with Crippen molar-refractivity contribution in [2.24, 2.45) is 14.9 Å². The molecule has 0 fully saturated rings. The molecular formula is C22H25N5O7S. The zero-order valence-electron chi connectivity index (χ0n) is 19.3. The summed E-state index contributed by atoms with van der Waals surface area (Å²) in [6, 6.07) is 12.5. The van der Waals surface area contributed by atoms with Crippen LogP contribution in [0.3, 0.4) is 0 Å². The number of nitrogen functional groups attached to an aromatic ring is 1. The standard InChI is InChI=1S/C22H25N5O7S/c1-21(2,3)20(28)34-22(16-7-5-4-6-8-16,12-26-14-25-35(31,32)15-24-26)13-33-19-10-9-17(27(29)30)11-18(19)23/h4-11,14-15H,12-13,23H2,1-3H3/t22-/m1/s1. The molecule has 2 aromatic rings. The first-order valence-electron chi connectivity index (χ1n) is 10.4. The Hall–Kier alpha value is -4.00. The molecule has 0 bridgehead atoms. The van der Waals surface area contributed by atoms with Gasteiger partial charge in [-0.05, 0) is 26.8 Å². The number of carbonyl (C=O) groups excluding carboxylic acids is 1. The van der Waals surface area contributed by atoms with Crippen molar-refractivity contribution >= 4 is 39.3 Å². The number of esters is 1. The molecule has 0 spiro atoms. The maximum atomic E-state index is 13.0. The number of hydrazone groups is 1. The van der Waals surface area contributed by atoms with E-state index < -0.39 is 31.9 Å². The van der Waals surface area contributed by atoms with Crippen molar-refractivity contribution in [3.8, 4) is 5.75 Å². The minimum atomic E-state index is -3.83. The van der Waals surface area contributed by atoms with Crippen LogP contribution in [0.4, 0.5) is 11.4 Å². The van der Waals surface area contributed by atoms with Gasteiger partial charge in [0.2, 0.25) is 0 Å². The highest BCUT2D eigenvalue weighted by Gasteiger charge is 2.42. The van der Waals surface area contributed by atoms with Gasteiger partial charge in [-0.3, -0.25) is 14.9 Å². The number of hydrogen-bond acceptors (Lipinski definition) is 10. The highest BCUT2D eigenvalue weighted by atomic mass is 32.2. The quantitative estimate of drug-likeness (QED) is 0.246. The lowest BCUT2D eigenvalue weighted by molar-refractivity contribution is -0.384. The van der Waals surface area contributed by atoms with Crippen molar-refractivity contribution in [3.63, 3.8) is 0 Å². The predicted molar refractivity (Wildman–Crippen MR) is 129 cm³/mol. The number of nitrogens with zero attached hydrogens (tertiary/aromatic N) is 4. The number of carbonyl (C=O) groups is 1. The lowest BCUT2D eigenvalue weighted by Crippen LogP contribution is -2.49. The van der Waals surface area contributed by atoms with Crippen molar-refractivity contribution in [2.45, 2.75) is 26.4 Å². The Morgan fingerprint density at radius 3 is 2.40 bits per heavy atom. The molecule has 186 valence electrons. The summed E-state index contributed by atoms with van der Waals surface area (Å²) in [4.78, 5) is 23.5. The normalized spacial score (nSPS) is 16.4. The van der Waals surface area contributed by atoms with Crippen LogP contribution in [-0.2, 0) is 25.2 Å². The van der Waals surface area contributed by atoms with E-state index in [0.717, 1.165) is 12.4 Å². The van der Waals surface area contributed by atoms with E-state index in [2.05, 4.69) is 9.50 Å². The van der Waals surface area contributed by atoms with Crippen LogP contribution in [0.15, 0.2) is 58.0 Å². The van der Waals surface area contributed by atoms with Crippen LogP contribution in [-0.4, -0.2) is 49.4 Å². The van der Waals surface area contributed by atoms with E-state index in [1.807, 2.05) is 0 Å². The number of nitro benzene ring substituents is 1. The molecule has 0 amide bonds. The number of ether oxygens (including phenoxy) is 2. The van der Waals surface area contributed by atoms with E-state index in [-0.39, 0.29) is 30.3 Å². The maximum absolute atomic E-state index is 13.0. The second kappa shape index (κ2) is 9.70. The topological polar surface area (TPSA) is 167 Å². The fourth-order valence-corrected chi connectivity index (χ4v) is 3.56. The number of nitrogens with two attached hydrogens (primary N) is 1. The molecular weight excluding hydrogens is 478 g/mol. The summed E-state index contributed by atoms with van der Waals surface area (Å²) in [6.07, 6.45) is 1.01. The zero-order valence-corrected chi connectivity index (χ0v) is 20.1. The van der Waals surface area contributed by atoms with Gasteiger partial charge >= 0.3 is 5.97 Å². The summed E-state index contributed by atoms with van der Waals surface area (Å²) in [5.41, 5.74) is 4.61. The highest BCUT2D eigenvalue weighted by Crippen LogP contribution is 2.34. The Kier molecular flexibility index (Phi) is 7.10. The summed E-state index contributed by atoms with van der Waals surface area (Å²) >= 11 is 0. The average molecular weight is 504 g/mol. The molecule has 0 saturated heterocycles. The molecule has 0 aromatic heterocycles. The monoisotopic (exact) mass is 503 g/mol. The number of rotatable bonds is 8. The van der Waals surface area contributed by atoms with E-state index in [4.69, 9.17) is 15.2 Å². The van der Waals surface area contributed by atoms with Crippen LogP contribution in [0, 0.1) is 15.5 Å². The van der Waals surface area contributed by atoms with Crippen LogP contribution in [0.25, 0.3) is 0 Å². The molecule has 0 saturated carbocycles. The Morgan fingerprint density at radius 2 is 1.86 bits per heavy atom. The fourth-order valence-electron chi connectivity index (χ4n) is 3.03. The first-order valence-corrected chi connectivity index (χ1v) is 11.9. The molecule has 2 aromatic carbocycles. The van der Waals surface area contributed by atoms with Gasteiger partial charge in [-0.25, -0.2) is 5.01 Å². The molecule has 12 nitrogen and oxygen atoms in total. The third-order valence-corrected chi connectivity index (χ3v) is 5.69. The van der Waals surface area contributed by atoms with Gasteiger partial charge in [0.1, 0.15) is 18.7 Å². The van der Waals surface area contributed by atoms with Gasteiger partial charge in [0.15, 0.2) is 11.1 Å². The Balaban J connectivity index is 2.03. The summed E-state index contributed by atoms with van der Waals surface area (Å²) in [6.45, 7) is 4.64. The second-order valence-corrected chi connectivity index (χ2v) is 10.3. The van der Waals surface area contributed by atoms with Gasteiger partial charge in [-0.2, -0.15) is 13.5 Å². The molecule has 3 rings (SSSR count). The van der Waals surface area contributed by atoms with Crippen molar-refractivity contribution in [3.05, 3.63) is 64.2 Å². The first-order chi connectivity index (χ1) is 16.3. The largest absolute Gasteiger partial charge is 0.487 e. The third kappa shape index (κ3) is 6.32. The molecule has 35 heavy (non-hydrogen) atoms. The average Bonchev–Trinajstić information content (AvgIpc) is 2.79. The second-order valence-electron chi connectivity index (χ2n) is 8.82. The van der Waals surface area contributed by atoms with Crippen molar-refractivity contribution in [1.82, 2.24) is 5.01 Å². The van der Waals surface area contributed by atoms with Gasteiger partial charge in [-0.1, -0.05) is 30.3 Å². The van der Waals surface area contributed by atoms with E-state index >= 15 is 0 Å². The molecule has 0 unspecified atom stereocenters. The molecule has 1 aliphatic rings. The van der Waals surface area contributed by atoms with Crippen LogP contribution in [0.2, 0.25) is 0 Å². The van der Waals surface area contributed by atoms with Gasteiger partial charge in [-0.15, -0.1) is 4.40 Å². The fraction of sp³-hybridized carbons (Fsp3) is 0.318. The van der Waals surface area contributed by atoms with E-state index in [1.54, 1.807) is 51.1 Å². The highest BCUT2D eigenvalue weighted by molar-refractivity contribution is 8.03. The van der Waals surface area contributed by atoms with Crippen molar-refractivity contribution in [2.75, 3.05) is 18.9 Å². The molecule has 0 radical (unpaired) electrons. The lowest BCUT2D eigenvalue weighted by atomic mass is 9.91. The Morgan fingerprint density at radius 1 is 1.17 bits per heavy atom. The Labute approximate surface area is 202 Å². The number of hydrogen-bond donors (Lipinski definition) is 1. The minimum Gasteiger partial charge on any atom is -0.487 e. The molecule has 13 heteroatoms. The number of benzene rings is 2.